The largest absolute Gasteiger partial charge is 0.464 e. The lowest BCUT2D eigenvalue weighted by molar-refractivity contribution is 0.0500. The van der Waals surface area contributed by atoms with Crippen LogP contribution in [-0.4, -0.2) is 47.2 Å². The first-order valence-electron chi connectivity index (χ1n) is 9.53. The van der Waals surface area contributed by atoms with E-state index in [4.69, 9.17) is 4.42 Å². The highest BCUT2D eigenvalue weighted by Gasteiger charge is 2.26. The Balaban J connectivity index is 1.41. The number of aliphatic hydroxyl groups is 1. The molecule has 27 heavy (non-hydrogen) atoms. The van der Waals surface area contributed by atoms with Gasteiger partial charge in [0.15, 0.2) is 0 Å². The summed E-state index contributed by atoms with van der Waals surface area (Å²) < 4.78 is 5.53. The summed E-state index contributed by atoms with van der Waals surface area (Å²) in [7, 11) is 0. The van der Waals surface area contributed by atoms with Gasteiger partial charge in [-0.2, -0.15) is 11.3 Å². The van der Waals surface area contributed by atoms with Gasteiger partial charge in [-0.1, -0.05) is 18.2 Å². The zero-order valence-corrected chi connectivity index (χ0v) is 16.3. The molecule has 5 heteroatoms. The number of hydrogen-bond donors (Lipinski definition) is 1. The standard InChI is InChI=1S/C22H26N2O2S/c25-10-6-21-16-23(8-9-24(21)15-19-7-12-27-17-19)14-18-3-1-4-20(13-18)22-5-2-11-26-22/h1-5,7,11-13,17,21,25H,6,8-10,14-16H2. The summed E-state index contributed by atoms with van der Waals surface area (Å²) in [5, 5.41) is 13.9. The summed E-state index contributed by atoms with van der Waals surface area (Å²) in [5.74, 6) is 0.913. The molecule has 2 aromatic heterocycles. The monoisotopic (exact) mass is 382 g/mol. The summed E-state index contributed by atoms with van der Waals surface area (Å²) in [6.45, 7) is 5.25. The van der Waals surface area contributed by atoms with Crippen molar-refractivity contribution in [2.45, 2.75) is 25.6 Å². The number of nitrogens with zero attached hydrogens (tertiary/aromatic N) is 2. The summed E-state index contributed by atoms with van der Waals surface area (Å²) in [6.07, 6.45) is 2.54. The van der Waals surface area contributed by atoms with Crippen molar-refractivity contribution >= 4 is 11.3 Å². The normalized spacial score (nSPS) is 18.8. The minimum Gasteiger partial charge on any atom is -0.464 e. The number of rotatable bonds is 7. The summed E-state index contributed by atoms with van der Waals surface area (Å²) in [5.41, 5.74) is 3.81. The van der Waals surface area contributed by atoms with Crippen LogP contribution in [0.25, 0.3) is 11.3 Å². The minimum atomic E-state index is 0.243. The Labute approximate surface area is 164 Å². The molecule has 1 atom stereocenters. The molecule has 1 saturated heterocycles. The highest BCUT2D eigenvalue weighted by Crippen LogP contribution is 2.23. The Morgan fingerprint density at radius 1 is 1.07 bits per heavy atom. The van der Waals surface area contributed by atoms with Crippen molar-refractivity contribution in [3.8, 4) is 11.3 Å². The van der Waals surface area contributed by atoms with Crippen LogP contribution in [0.4, 0.5) is 0 Å². The van der Waals surface area contributed by atoms with E-state index < -0.39 is 0 Å². The van der Waals surface area contributed by atoms with Crippen molar-refractivity contribution in [3.63, 3.8) is 0 Å². The second kappa shape index (κ2) is 8.85. The third kappa shape index (κ3) is 4.68. The number of furan rings is 1. The van der Waals surface area contributed by atoms with Crippen LogP contribution in [0.1, 0.15) is 17.5 Å². The van der Waals surface area contributed by atoms with Crippen LogP contribution in [0.15, 0.2) is 63.9 Å². The maximum atomic E-state index is 9.53. The molecular weight excluding hydrogens is 356 g/mol. The molecule has 3 heterocycles. The molecule has 3 aromatic rings. The van der Waals surface area contributed by atoms with Crippen LogP contribution in [0, 0.1) is 0 Å². The average molecular weight is 383 g/mol. The number of aliphatic hydroxyl groups excluding tert-OH is 1. The number of hydrogen-bond acceptors (Lipinski definition) is 5. The van der Waals surface area contributed by atoms with Gasteiger partial charge in [0.25, 0.3) is 0 Å². The van der Waals surface area contributed by atoms with E-state index >= 15 is 0 Å². The third-order valence-corrected chi connectivity index (χ3v) is 5.99. The predicted molar refractivity (Wildman–Crippen MR) is 110 cm³/mol. The van der Waals surface area contributed by atoms with E-state index in [9.17, 15) is 5.11 Å². The van der Waals surface area contributed by atoms with Gasteiger partial charge in [-0.25, -0.2) is 0 Å². The van der Waals surface area contributed by atoms with Crippen molar-refractivity contribution < 1.29 is 9.52 Å². The number of piperazine rings is 1. The van der Waals surface area contributed by atoms with Gasteiger partial charge < -0.3 is 9.52 Å². The molecule has 142 valence electrons. The van der Waals surface area contributed by atoms with Crippen LogP contribution in [0.3, 0.4) is 0 Å². The summed E-state index contributed by atoms with van der Waals surface area (Å²) >= 11 is 1.75. The van der Waals surface area contributed by atoms with E-state index in [1.165, 1.54) is 11.1 Å². The Bertz CT molecular complexity index is 817. The van der Waals surface area contributed by atoms with Gasteiger partial charge in [0.1, 0.15) is 5.76 Å². The van der Waals surface area contributed by atoms with Crippen molar-refractivity contribution in [1.29, 1.82) is 0 Å². The van der Waals surface area contributed by atoms with Crippen molar-refractivity contribution in [2.24, 2.45) is 0 Å². The molecule has 1 N–H and O–H groups in total. The Hall–Kier alpha value is -1.92. The van der Waals surface area contributed by atoms with Crippen LogP contribution >= 0.6 is 11.3 Å². The molecule has 1 fully saturated rings. The number of thiophene rings is 1. The second-order valence-corrected chi connectivity index (χ2v) is 7.96. The molecule has 4 rings (SSSR count). The first-order chi connectivity index (χ1) is 13.3. The highest BCUT2D eigenvalue weighted by molar-refractivity contribution is 7.07. The van der Waals surface area contributed by atoms with Gasteiger partial charge in [-0.3, -0.25) is 9.80 Å². The molecule has 0 bridgehead atoms. The zero-order valence-electron chi connectivity index (χ0n) is 15.5. The van der Waals surface area contributed by atoms with Gasteiger partial charge in [-0.05, 0) is 52.6 Å². The van der Waals surface area contributed by atoms with E-state index in [2.05, 4.69) is 50.9 Å². The average Bonchev–Trinajstić information content (AvgIpc) is 3.38. The molecule has 4 nitrogen and oxygen atoms in total. The summed E-state index contributed by atoms with van der Waals surface area (Å²) in [6, 6.07) is 15.1. The molecule has 1 aliphatic heterocycles. The SMILES string of the molecule is OCCC1CN(Cc2cccc(-c3ccco3)c2)CCN1Cc1ccsc1. The zero-order chi connectivity index (χ0) is 18.5. The van der Waals surface area contributed by atoms with E-state index in [0.717, 1.165) is 50.5 Å². The fourth-order valence-corrected chi connectivity index (χ4v) is 4.53. The van der Waals surface area contributed by atoms with Gasteiger partial charge in [0.2, 0.25) is 0 Å². The molecule has 0 radical (unpaired) electrons. The third-order valence-electron chi connectivity index (χ3n) is 5.26. The molecular formula is C22H26N2O2S. The lowest BCUT2D eigenvalue weighted by Crippen LogP contribution is -2.52. The smallest absolute Gasteiger partial charge is 0.133 e. The lowest BCUT2D eigenvalue weighted by Gasteiger charge is -2.41. The molecule has 1 aromatic carbocycles. The molecule has 0 saturated carbocycles. The van der Waals surface area contributed by atoms with Crippen molar-refractivity contribution in [2.75, 3.05) is 26.2 Å². The van der Waals surface area contributed by atoms with E-state index in [1.54, 1.807) is 17.6 Å². The van der Waals surface area contributed by atoms with Crippen molar-refractivity contribution in [1.82, 2.24) is 9.80 Å². The van der Waals surface area contributed by atoms with Crippen LogP contribution in [0.5, 0.6) is 0 Å². The van der Waals surface area contributed by atoms with E-state index in [-0.39, 0.29) is 6.61 Å². The predicted octanol–water partition coefficient (Wildman–Crippen LogP) is 4.08. The first kappa shape index (κ1) is 18.4. The lowest BCUT2D eigenvalue weighted by atomic mass is 10.1. The van der Waals surface area contributed by atoms with Gasteiger partial charge in [-0.15, -0.1) is 0 Å². The Kier molecular flexibility index (Phi) is 6.04. The van der Waals surface area contributed by atoms with Crippen molar-refractivity contribution in [3.05, 3.63) is 70.6 Å². The maximum Gasteiger partial charge on any atom is 0.133 e. The maximum absolute atomic E-state index is 9.53. The molecule has 0 aliphatic carbocycles. The van der Waals surface area contributed by atoms with E-state index in [1.807, 2.05) is 12.1 Å². The Morgan fingerprint density at radius 2 is 2.04 bits per heavy atom. The number of benzene rings is 1. The van der Waals surface area contributed by atoms with Gasteiger partial charge >= 0.3 is 0 Å². The van der Waals surface area contributed by atoms with Crippen LogP contribution in [-0.2, 0) is 13.1 Å². The minimum absolute atomic E-state index is 0.243. The highest BCUT2D eigenvalue weighted by atomic mass is 32.1. The fraction of sp³-hybridized carbons (Fsp3) is 0.364. The Morgan fingerprint density at radius 3 is 2.81 bits per heavy atom. The van der Waals surface area contributed by atoms with Gasteiger partial charge in [0, 0.05) is 50.9 Å². The fourth-order valence-electron chi connectivity index (χ4n) is 3.87. The molecule has 0 spiro atoms. The summed E-state index contributed by atoms with van der Waals surface area (Å²) in [4.78, 5) is 5.03. The molecule has 0 amide bonds. The van der Waals surface area contributed by atoms with Gasteiger partial charge in [0.05, 0.1) is 6.26 Å². The second-order valence-electron chi connectivity index (χ2n) is 7.18. The van der Waals surface area contributed by atoms with E-state index in [0.29, 0.717) is 6.04 Å². The topological polar surface area (TPSA) is 39.9 Å². The molecule has 1 unspecified atom stereocenters. The quantitative estimate of drug-likeness (QED) is 0.668. The molecule has 1 aliphatic rings. The first-order valence-corrected chi connectivity index (χ1v) is 10.5. The van der Waals surface area contributed by atoms with Crippen LogP contribution in [0.2, 0.25) is 0 Å². The van der Waals surface area contributed by atoms with Crippen LogP contribution < -0.4 is 0 Å².